The van der Waals surface area contributed by atoms with Crippen LogP contribution in [-0.2, 0) is 4.79 Å². The molecule has 2 aliphatic rings. The summed E-state index contributed by atoms with van der Waals surface area (Å²) in [4.78, 5) is 14.7. The maximum atomic E-state index is 12.6. The van der Waals surface area contributed by atoms with Crippen molar-refractivity contribution in [3.8, 4) is 0 Å². The molecule has 0 spiro atoms. The second-order valence-corrected chi connectivity index (χ2v) is 7.08. The first-order valence-corrected chi connectivity index (χ1v) is 8.17. The van der Waals surface area contributed by atoms with Gasteiger partial charge in [-0.05, 0) is 49.8 Å². The standard InChI is InChI=1S/C16H21BrN2O/c1-10-8-13(18)6-7-19(10)16(20)15-9-14(15)11-2-4-12(17)5-3-11/h2-5,10,13-15H,6-9,18H2,1H3/t10-,13-,14+,15+/m1/s1. The minimum atomic E-state index is 0.188. The van der Waals surface area contributed by atoms with E-state index in [1.54, 1.807) is 0 Å². The summed E-state index contributed by atoms with van der Waals surface area (Å²) < 4.78 is 1.09. The van der Waals surface area contributed by atoms with E-state index in [-0.39, 0.29) is 18.0 Å². The van der Waals surface area contributed by atoms with Crippen molar-refractivity contribution in [2.24, 2.45) is 11.7 Å². The van der Waals surface area contributed by atoms with Gasteiger partial charge in [-0.15, -0.1) is 0 Å². The Balaban J connectivity index is 1.64. The molecule has 1 heterocycles. The zero-order valence-corrected chi connectivity index (χ0v) is 13.3. The predicted octanol–water partition coefficient (Wildman–Crippen LogP) is 2.89. The molecule has 1 aromatic rings. The number of piperidine rings is 1. The summed E-state index contributed by atoms with van der Waals surface area (Å²) in [5.41, 5.74) is 7.25. The Morgan fingerprint density at radius 2 is 2.00 bits per heavy atom. The zero-order chi connectivity index (χ0) is 14.3. The zero-order valence-electron chi connectivity index (χ0n) is 11.8. The molecule has 20 heavy (non-hydrogen) atoms. The van der Waals surface area contributed by atoms with E-state index in [2.05, 4.69) is 47.1 Å². The topological polar surface area (TPSA) is 46.3 Å². The molecule has 1 amide bonds. The molecule has 0 aromatic heterocycles. The van der Waals surface area contributed by atoms with Crippen molar-refractivity contribution < 1.29 is 4.79 Å². The minimum Gasteiger partial charge on any atom is -0.340 e. The fraction of sp³-hybridized carbons (Fsp3) is 0.562. The van der Waals surface area contributed by atoms with E-state index in [0.717, 1.165) is 30.3 Å². The lowest BCUT2D eigenvalue weighted by molar-refractivity contribution is -0.136. The molecule has 0 unspecified atom stereocenters. The Bertz CT molecular complexity index is 502. The number of carbonyl (C=O) groups excluding carboxylic acids is 1. The second kappa shape index (κ2) is 5.49. The lowest BCUT2D eigenvalue weighted by Crippen LogP contribution is -2.49. The van der Waals surface area contributed by atoms with Crippen LogP contribution in [-0.4, -0.2) is 29.4 Å². The van der Waals surface area contributed by atoms with E-state index in [9.17, 15) is 4.79 Å². The molecule has 1 saturated heterocycles. The van der Waals surface area contributed by atoms with Crippen LogP contribution in [0, 0.1) is 5.92 Å². The number of halogens is 1. The van der Waals surface area contributed by atoms with Gasteiger partial charge in [0, 0.05) is 29.0 Å². The third kappa shape index (κ3) is 2.77. The number of likely N-dealkylation sites (tertiary alicyclic amines) is 1. The SMILES string of the molecule is C[C@@H]1C[C@H](N)CCN1C(=O)[C@H]1C[C@H]1c1ccc(Br)cc1. The Hall–Kier alpha value is -0.870. The van der Waals surface area contributed by atoms with Crippen molar-refractivity contribution in [2.75, 3.05) is 6.54 Å². The normalized spacial score (nSPS) is 33.0. The van der Waals surface area contributed by atoms with Crippen molar-refractivity contribution in [1.29, 1.82) is 0 Å². The molecule has 1 saturated carbocycles. The number of hydrogen-bond donors (Lipinski definition) is 1. The highest BCUT2D eigenvalue weighted by Crippen LogP contribution is 2.49. The maximum absolute atomic E-state index is 12.6. The quantitative estimate of drug-likeness (QED) is 0.902. The molecule has 1 aliphatic carbocycles. The molecule has 0 radical (unpaired) electrons. The number of amides is 1. The third-order valence-electron chi connectivity index (χ3n) is 4.61. The van der Waals surface area contributed by atoms with E-state index < -0.39 is 0 Å². The van der Waals surface area contributed by atoms with Crippen LogP contribution >= 0.6 is 15.9 Å². The molecule has 3 nitrogen and oxygen atoms in total. The lowest BCUT2D eigenvalue weighted by Gasteiger charge is -2.36. The largest absolute Gasteiger partial charge is 0.340 e. The Labute approximate surface area is 128 Å². The summed E-state index contributed by atoms with van der Waals surface area (Å²) in [7, 11) is 0. The lowest BCUT2D eigenvalue weighted by atomic mass is 9.98. The molecule has 1 aromatic carbocycles. The van der Waals surface area contributed by atoms with Crippen LogP contribution in [0.5, 0.6) is 0 Å². The third-order valence-corrected chi connectivity index (χ3v) is 5.13. The highest BCUT2D eigenvalue weighted by atomic mass is 79.9. The van der Waals surface area contributed by atoms with Gasteiger partial charge in [0.05, 0.1) is 0 Å². The molecule has 108 valence electrons. The molecular formula is C16H21BrN2O. The van der Waals surface area contributed by atoms with Crippen LogP contribution < -0.4 is 5.73 Å². The smallest absolute Gasteiger partial charge is 0.226 e. The Morgan fingerprint density at radius 1 is 1.30 bits per heavy atom. The van der Waals surface area contributed by atoms with Crippen molar-refractivity contribution in [2.45, 2.75) is 44.2 Å². The molecule has 3 rings (SSSR count). The summed E-state index contributed by atoms with van der Waals surface area (Å²) >= 11 is 3.45. The fourth-order valence-electron chi connectivity index (χ4n) is 3.30. The van der Waals surface area contributed by atoms with Crippen molar-refractivity contribution in [1.82, 2.24) is 4.90 Å². The van der Waals surface area contributed by atoms with Crippen LogP contribution in [0.2, 0.25) is 0 Å². The Kier molecular flexibility index (Phi) is 3.87. The average molecular weight is 337 g/mol. The highest BCUT2D eigenvalue weighted by molar-refractivity contribution is 9.10. The number of nitrogens with zero attached hydrogens (tertiary/aromatic N) is 1. The van der Waals surface area contributed by atoms with Gasteiger partial charge in [-0.2, -0.15) is 0 Å². The molecule has 2 fully saturated rings. The van der Waals surface area contributed by atoms with Gasteiger partial charge >= 0.3 is 0 Å². The molecule has 4 atom stereocenters. The van der Waals surface area contributed by atoms with Crippen LogP contribution in [0.15, 0.2) is 28.7 Å². The van der Waals surface area contributed by atoms with Gasteiger partial charge in [-0.3, -0.25) is 4.79 Å². The summed E-state index contributed by atoms with van der Waals surface area (Å²) in [5.74, 6) is 0.934. The summed E-state index contributed by atoms with van der Waals surface area (Å²) in [6.45, 7) is 2.94. The Morgan fingerprint density at radius 3 is 2.65 bits per heavy atom. The summed E-state index contributed by atoms with van der Waals surface area (Å²) in [6.07, 6.45) is 2.86. The van der Waals surface area contributed by atoms with E-state index in [0.29, 0.717) is 11.8 Å². The molecule has 0 bridgehead atoms. The van der Waals surface area contributed by atoms with Crippen LogP contribution in [0.4, 0.5) is 0 Å². The number of carbonyl (C=O) groups is 1. The van der Waals surface area contributed by atoms with E-state index in [1.165, 1.54) is 5.56 Å². The van der Waals surface area contributed by atoms with Crippen molar-refractivity contribution >= 4 is 21.8 Å². The van der Waals surface area contributed by atoms with E-state index in [4.69, 9.17) is 5.73 Å². The first-order chi connectivity index (χ1) is 9.56. The molecular weight excluding hydrogens is 316 g/mol. The van der Waals surface area contributed by atoms with E-state index in [1.807, 2.05) is 4.90 Å². The average Bonchev–Trinajstić information content (AvgIpc) is 3.19. The molecule has 2 N–H and O–H groups in total. The first kappa shape index (κ1) is 14.1. The monoisotopic (exact) mass is 336 g/mol. The number of rotatable bonds is 2. The van der Waals surface area contributed by atoms with Gasteiger partial charge in [-0.25, -0.2) is 0 Å². The van der Waals surface area contributed by atoms with Crippen LogP contribution in [0.1, 0.15) is 37.7 Å². The first-order valence-electron chi connectivity index (χ1n) is 7.38. The van der Waals surface area contributed by atoms with Gasteiger partial charge in [0.25, 0.3) is 0 Å². The summed E-state index contributed by atoms with van der Waals surface area (Å²) in [5, 5.41) is 0. The van der Waals surface area contributed by atoms with Gasteiger partial charge in [0.15, 0.2) is 0 Å². The second-order valence-electron chi connectivity index (χ2n) is 6.17. The number of hydrogen-bond acceptors (Lipinski definition) is 2. The highest BCUT2D eigenvalue weighted by Gasteiger charge is 2.46. The number of benzene rings is 1. The van der Waals surface area contributed by atoms with Gasteiger partial charge in [0.1, 0.15) is 0 Å². The fourth-order valence-corrected chi connectivity index (χ4v) is 3.56. The minimum absolute atomic E-state index is 0.188. The molecule has 1 aliphatic heterocycles. The van der Waals surface area contributed by atoms with Crippen molar-refractivity contribution in [3.63, 3.8) is 0 Å². The van der Waals surface area contributed by atoms with Gasteiger partial charge in [-0.1, -0.05) is 28.1 Å². The molecule has 4 heteroatoms. The van der Waals surface area contributed by atoms with E-state index >= 15 is 0 Å². The predicted molar refractivity (Wildman–Crippen MR) is 83.4 cm³/mol. The summed E-state index contributed by atoms with van der Waals surface area (Å²) in [6, 6.07) is 8.90. The van der Waals surface area contributed by atoms with Gasteiger partial charge < -0.3 is 10.6 Å². The van der Waals surface area contributed by atoms with Crippen LogP contribution in [0.3, 0.4) is 0 Å². The van der Waals surface area contributed by atoms with Crippen LogP contribution in [0.25, 0.3) is 0 Å². The number of nitrogens with two attached hydrogens (primary N) is 1. The van der Waals surface area contributed by atoms with Crippen molar-refractivity contribution in [3.05, 3.63) is 34.3 Å². The maximum Gasteiger partial charge on any atom is 0.226 e. The van der Waals surface area contributed by atoms with Gasteiger partial charge in [0.2, 0.25) is 5.91 Å².